The van der Waals surface area contributed by atoms with Crippen molar-refractivity contribution in [2.45, 2.75) is 31.2 Å². The minimum absolute atomic E-state index is 0.179. The number of thiophene rings is 1. The third-order valence-corrected chi connectivity index (χ3v) is 5.66. The van der Waals surface area contributed by atoms with Crippen LogP contribution in [-0.2, 0) is 16.4 Å². The van der Waals surface area contributed by atoms with Crippen molar-refractivity contribution in [1.82, 2.24) is 4.72 Å². The summed E-state index contributed by atoms with van der Waals surface area (Å²) in [4.78, 5) is 1.33. The summed E-state index contributed by atoms with van der Waals surface area (Å²) in [6.07, 6.45) is 0.669. The van der Waals surface area contributed by atoms with E-state index >= 15 is 0 Å². The maximum absolute atomic E-state index is 12.4. The molecule has 1 aromatic heterocycles. The van der Waals surface area contributed by atoms with E-state index in [0.29, 0.717) is 12.0 Å². The van der Waals surface area contributed by atoms with Gasteiger partial charge in [0.05, 0.1) is 5.69 Å². The van der Waals surface area contributed by atoms with Gasteiger partial charge < -0.3 is 5.73 Å². The SMILES string of the molecule is Cc1cccc(N)c1S(=O)(=O)NC(C)Cc1cccs1. The number of aryl methyl sites for hydroxylation is 1. The molecule has 2 aromatic rings. The van der Waals surface area contributed by atoms with Gasteiger partial charge in [0.2, 0.25) is 10.0 Å². The molecule has 1 heterocycles. The van der Waals surface area contributed by atoms with E-state index in [1.165, 1.54) is 0 Å². The number of anilines is 1. The van der Waals surface area contributed by atoms with Crippen molar-refractivity contribution in [3.05, 3.63) is 46.2 Å². The summed E-state index contributed by atoms with van der Waals surface area (Å²) in [5, 5.41) is 1.98. The highest BCUT2D eigenvalue weighted by Gasteiger charge is 2.22. The van der Waals surface area contributed by atoms with Crippen molar-refractivity contribution in [2.24, 2.45) is 0 Å². The minimum atomic E-state index is -3.59. The van der Waals surface area contributed by atoms with Crippen LogP contribution in [0.15, 0.2) is 40.6 Å². The van der Waals surface area contributed by atoms with Crippen LogP contribution < -0.4 is 10.5 Å². The fraction of sp³-hybridized carbons (Fsp3) is 0.286. The zero-order valence-electron chi connectivity index (χ0n) is 11.5. The number of nitrogens with one attached hydrogen (secondary N) is 1. The Bertz CT molecular complexity index is 659. The van der Waals surface area contributed by atoms with E-state index in [2.05, 4.69) is 4.72 Å². The Balaban J connectivity index is 2.19. The molecule has 0 radical (unpaired) electrons. The second-order valence-electron chi connectivity index (χ2n) is 4.80. The topological polar surface area (TPSA) is 72.2 Å². The van der Waals surface area contributed by atoms with Crippen molar-refractivity contribution in [2.75, 3.05) is 5.73 Å². The van der Waals surface area contributed by atoms with Crippen LogP contribution in [0.25, 0.3) is 0 Å². The monoisotopic (exact) mass is 310 g/mol. The van der Waals surface area contributed by atoms with E-state index in [0.717, 1.165) is 4.88 Å². The number of benzene rings is 1. The molecule has 0 amide bonds. The number of nitrogen functional groups attached to an aromatic ring is 1. The Morgan fingerprint density at radius 3 is 2.65 bits per heavy atom. The summed E-state index contributed by atoms with van der Waals surface area (Å²) < 4.78 is 27.5. The second kappa shape index (κ2) is 5.95. The molecule has 108 valence electrons. The second-order valence-corrected chi connectivity index (χ2v) is 7.48. The Morgan fingerprint density at radius 2 is 2.05 bits per heavy atom. The van der Waals surface area contributed by atoms with E-state index in [1.807, 2.05) is 24.4 Å². The zero-order chi connectivity index (χ0) is 14.8. The predicted octanol–water partition coefficient (Wildman–Crippen LogP) is 2.55. The lowest BCUT2D eigenvalue weighted by atomic mass is 10.2. The Labute approximate surface area is 123 Å². The first-order chi connectivity index (χ1) is 9.40. The molecule has 20 heavy (non-hydrogen) atoms. The molecule has 3 N–H and O–H groups in total. The standard InChI is InChI=1S/C14H18N2O2S2/c1-10-5-3-7-13(15)14(10)20(17,18)16-11(2)9-12-6-4-8-19-12/h3-8,11,16H,9,15H2,1-2H3. The van der Waals surface area contributed by atoms with Gasteiger partial charge in [0.25, 0.3) is 0 Å². The van der Waals surface area contributed by atoms with Crippen LogP contribution in [0.2, 0.25) is 0 Å². The lowest BCUT2D eigenvalue weighted by molar-refractivity contribution is 0.560. The molecule has 0 saturated heterocycles. The molecule has 1 unspecified atom stereocenters. The number of sulfonamides is 1. The van der Waals surface area contributed by atoms with E-state index in [4.69, 9.17) is 5.73 Å². The van der Waals surface area contributed by atoms with Gasteiger partial charge in [-0.25, -0.2) is 13.1 Å². The van der Waals surface area contributed by atoms with Crippen molar-refractivity contribution >= 4 is 27.0 Å². The van der Waals surface area contributed by atoms with Crippen molar-refractivity contribution in [3.8, 4) is 0 Å². The molecule has 6 heteroatoms. The van der Waals surface area contributed by atoms with Gasteiger partial charge in [0.1, 0.15) is 4.90 Å². The molecule has 0 fully saturated rings. The predicted molar refractivity (Wildman–Crippen MR) is 83.4 cm³/mol. The maximum Gasteiger partial charge on any atom is 0.243 e. The molecule has 0 aliphatic heterocycles. The van der Waals surface area contributed by atoms with Gasteiger partial charge in [0, 0.05) is 10.9 Å². The van der Waals surface area contributed by atoms with Gasteiger partial charge in [0.15, 0.2) is 0 Å². The van der Waals surface area contributed by atoms with E-state index in [9.17, 15) is 8.42 Å². The molecule has 0 aliphatic rings. The average molecular weight is 310 g/mol. The molecule has 2 rings (SSSR count). The Kier molecular flexibility index (Phi) is 4.47. The van der Waals surface area contributed by atoms with E-state index in [-0.39, 0.29) is 16.6 Å². The summed E-state index contributed by atoms with van der Waals surface area (Å²) in [6.45, 7) is 3.60. The van der Waals surface area contributed by atoms with Crippen molar-refractivity contribution in [1.29, 1.82) is 0 Å². The van der Waals surface area contributed by atoms with Gasteiger partial charge in [-0.15, -0.1) is 11.3 Å². The number of rotatable bonds is 5. The minimum Gasteiger partial charge on any atom is -0.398 e. The molecule has 1 atom stereocenters. The lowest BCUT2D eigenvalue weighted by Crippen LogP contribution is -2.34. The number of hydrogen-bond acceptors (Lipinski definition) is 4. The van der Waals surface area contributed by atoms with Crippen LogP contribution in [0.5, 0.6) is 0 Å². The van der Waals surface area contributed by atoms with Crippen LogP contribution in [0.1, 0.15) is 17.4 Å². The summed E-state index contributed by atoms with van der Waals surface area (Å²) in [7, 11) is -3.59. The highest BCUT2D eigenvalue weighted by molar-refractivity contribution is 7.89. The molecule has 0 spiro atoms. The highest BCUT2D eigenvalue weighted by Crippen LogP contribution is 2.22. The largest absolute Gasteiger partial charge is 0.398 e. The summed E-state index contributed by atoms with van der Waals surface area (Å²) in [5.41, 5.74) is 6.73. The third kappa shape index (κ3) is 3.39. The Morgan fingerprint density at radius 1 is 1.30 bits per heavy atom. The van der Waals surface area contributed by atoms with Crippen LogP contribution in [0, 0.1) is 6.92 Å². The first-order valence-corrected chi connectivity index (χ1v) is 8.66. The molecular weight excluding hydrogens is 292 g/mol. The van der Waals surface area contributed by atoms with Gasteiger partial charge in [-0.1, -0.05) is 18.2 Å². The summed E-state index contributed by atoms with van der Waals surface area (Å²) in [6, 6.07) is 8.87. The lowest BCUT2D eigenvalue weighted by Gasteiger charge is -2.16. The molecule has 0 bridgehead atoms. The number of hydrogen-bond donors (Lipinski definition) is 2. The van der Waals surface area contributed by atoms with Gasteiger partial charge in [-0.3, -0.25) is 0 Å². The normalized spacial score (nSPS) is 13.3. The fourth-order valence-electron chi connectivity index (χ4n) is 2.14. The van der Waals surface area contributed by atoms with Gasteiger partial charge in [-0.05, 0) is 43.3 Å². The first kappa shape index (κ1) is 15.0. The van der Waals surface area contributed by atoms with Crippen LogP contribution in [-0.4, -0.2) is 14.5 Å². The van der Waals surface area contributed by atoms with Crippen molar-refractivity contribution < 1.29 is 8.42 Å². The average Bonchev–Trinajstić information content (AvgIpc) is 2.79. The van der Waals surface area contributed by atoms with Crippen LogP contribution >= 0.6 is 11.3 Å². The molecular formula is C14H18N2O2S2. The maximum atomic E-state index is 12.4. The van der Waals surface area contributed by atoms with Crippen LogP contribution in [0.3, 0.4) is 0 Å². The van der Waals surface area contributed by atoms with Crippen molar-refractivity contribution in [3.63, 3.8) is 0 Å². The first-order valence-electron chi connectivity index (χ1n) is 6.30. The summed E-state index contributed by atoms with van der Waals surface area (Å²) >= 11 is 1.62. The van der Waals surface area contributed by atoms with Crippen LogP contribution in [0.4, 0.5) is 5.69 Å². The fourth-order valence-corrected chi connectivity index (χ4v) is 4.57. The van der Waals surface area contributed by atoms with E-state index < -0.39 is 10.0 Å². The molecule has 1 aromatic carbocycles. The zero-order valence-corrected chi connectivity index (χ0v) is 13.1. The van der Waals surface area contributed by atoms with Gasteiger partial charge in [-0.2, -0.15) is 0 Å². The Hall–Kier alpha value is -1.37. The summed E-state index contributed by atoms with van der Waals surface area (Å²) in [5.74, 6) is 0. The number of nitrogens with two attached hydrogens (primary N) is 1. The quantitative estimate of drug-likeness (QED) is 0.834. The third-order valence-electron chi connectivity index (χ3n) is 2.95. The molecule has 0 saturated carbocycles. The highest BCUT2D eigenvalue weighted by atomic mass is 32.2. The van der Waals surface area contributed by atoms with Gasteiger partial charge >= 0.3 is 0 Å². The molecule has 0 aliphatic carbocycles. The smallest absolute Gasteiger partial charge is 0.243 e. The molecule has 4 nitrogen and oxygen atoms in total. The van der Waals surface area contributed by atoms with E-state index in [1.54, 1.807) is 36.5 Å².